The summed E-state index contributed by atoms with van der Waals surface area (Å²) in [5.74, 6) is 0.428. The van der Waals surface area contributed by atoms with E-state index in [1.165, 1.54) is 17.5 Å². The molecule has 1 amide bonds. The van der Waals surface area contributed by atoms with Gasteiger partial charge in [-0.25, -0.2) is 9.97 Å². The van der Waals surface area contributed by atoms with Gasteiger partial charge in [0.2, 0.25) is 0 Å². The standard InChI is InChI=1S/C20H17N3O/c24-20(23-18-10-9-14-7-4-8-16(14)11-18)17-12-21-19(22-13-17)15-5-2-1-3-6-15/h1-3,5-6,9-13H,4,7-8H2,(H,23,24). The Morgan fingerprint density at radius 1 is 0.917 bits per heavy atom. The van der Waals surface area contributed by atoms with Gasteiger partial charge in [-0.05, 0) is 42.5 Å². The molecule has 0 saturated carbocycles. The fraction of sp³-hybridized carbons (Fsp3) is 0.150. The normalized spacial score (nSPS) is 12.7. The number of amides is 1. The number of benzene rings is 2. The summed E-state index contributed by atoms with van der Waals surface area (Å²) in [5, 5.41) is 2.93. The summed E-state index contributed by atoms with van der Waals surface area (Å²) >= 11 is 0. The smallest absolute Gasteiger partial charge is 0.258 e. The van der Waals surface area contributed by atoms with Crippen LogP contribution in [0.15, 0.2) is 60.9 Å². The summed E-state index contributed by atoms with van der Waals surface area (Å²) in [6.07, 6.45) is 6.56. The van der Waals surface area contributed by atoms with Crippen LogP contribution in [0.4, 0.5) is 5.69 Å². The first-order chi connectivity index (χ1) is 11.8. The molecule has 0 bridgehead atoms. The fourth-order valence-corrected chi connectivity index (χ4v) is 3.03. The van der Waals surface area contributed by atoms with E-state index in [1.54, 1.807) is 12.4 Å². The monoisotopic (exact) mass is 315 g/mol. The number of anilines is 1. The Hall–Kier alpha value is -3.01. The summed E-state index contributed by atoms with van der Waals surface area (Å²) in [5.41, 5.74) is 4.94. The molecule has 4 heteroatoms. The van der Waals surface area contributed by atoms with Crippen molar-refractivity contribution in [3.05, 3.63) is 77.6 Å². The number of aromatic nitrogens is 2. The molecule has 1 heterocycles. The van der Waals surface area contributed by atoms with Crippen molar-refractivity contribution in [2.45, 2.75) is 19.3 Å². The van der Waals surface area contributed by atoms with Gasteiger partial charge in [0.1, 0.15) is 0 Å². The summed E-state index contributed by atoms with van der Waals surface area (Å²) in [7, 11) is 0. The highest BCUT2D eigenvalue weighted by Crippen LogP contribution is 2.25. The van der Waals surface area contributed by atoms with Crippen LogP contribution in [0.5, 0.6) is 0 Å². The van der Waals surface area contributed by atoms with Crippen LogP contribution in [0, 0.1) is 0 Å². The molecule has 0 radical (unpaired) electrons. The highest BCUT2D eigenvalue weighted by atomic mass is 16.1. The first kappa shape index (κ1) is 14.6. The molecule has 0 fully saturated rings. The molecule has 1 aliphatic rings. The number of aryl methyl sites for hydroxylation is 2. The largest absolute Gasteiger partial charge is 0.322 e. The van der Waals surface area contributed by atoms with Crippen molar-refractivity contribution in [1.82, 2.24) is 9.97 Å². The first-order valence-electron chi connectivity index (χ1n) is 8.10. The Morgan fingerprint density at radius 2 is 1.67 bits per heavy atom. The predicted octanol–water partition coefficient (Wildman–Crippen LogP) is 3.88. The van der Waals surface area contributed by atoms with Gasteiger partial charge >= 0.3 is 0 Å². The number of hydrogen-bond acceptors (Lipinski definition) is 3. The molecular weight excluding hydrogens is 298 g/mol. The summed E-state index contributed by atoms with van der Waals surface area (Å²) in [6.45, 7) is 0. The zero-order chi connectivity index (χ0) is 16.4. The molecule has 2 aromatic carbocycles. The van der Waals surface area contributed by atoms with Gasteiger partial charge < -0.3 is 5.32 Å². The van der Waals surface area contributed by atoms with Gasteiger partial charge in [0.15, 0.2) is 5.82 Å². The van der Waals surface area contributed by atoms with Crippen molar-refractivity contribution < 1.29 is 4.79 Å². The average molecular weight is 315 g/mol. The second-order valence-electron chi connectivity index (χ2n) is 5.95. The second-order valence-corrected chi connectivity index (χ2v) is 5.95. The Morgan fingerprint density at radius 3 is 2.46 bits per heavy atom. The van der Waals surface area contributed by atoms with Crippen LogP contribution < -0.4 is 5.32 Å². The molecule has 0 saturated heterocycles. The Labute approximate surface area is 140 Å². The molecule has 0 spiro atoms. The molecule has 4 rings (SSSR count). The number of fused-ring (bicyclic) bond motifs is 1. The van der Waals surface area contributed by atoms with Crippen molar-refractivity contribution in [2.75, 3.05) is 5.32 Å². The van der Waals surface area contributed by atoms with Gasteiger partial charge in [-0.3, -0.25) is 4.79 Å². The lowest BCUT2D eigenvalue weighted by atomic mass is 10.1. The highest BCUT2D eigenvalue weighted by molar-refractivity contribution is 6.04. The predicted molar refractivity (Wildman–Crippen MR) is 93.9 cm³/mol. The van der Waals surface area contributed by atoms with Crippen molar-refractivity contribution in [3.8, 4) is 11.4 Å². The average Bonchev–Trinajstić information content (AvgIpc) is 3.10. The van der Waals surface area contributed by atoms with Crippen LogP contribution >= 0.6 is 0 Å². The Bertz CT molecular complexity index is 873. The van der Waals surface area contributed by atoms with E-state index in [1.807, 2.05) is 36.4 Å². The van der Waals surface area contributed by atoms with E-state index < -0.39 is 0 Å². The molecule has 0 aliphatic heterocycles. The lowest BCUT2D eigenvalue weighted by molar-refractivity contribution is 0.102. The topological polar surface area (TPSA) is 54.9 Å². The Balaban J connectivity index is 1.50. The maximum Gasteiger partial charge on any atom is 0.258 e. The molecule has 1 N–H and O–H groups in total. The van der Waals surface area contributed by atoms with E-state index in [2.05, 4.69) is 27.4 Å². The lowest BCUT2D eigenvalue weighted by Crippen LogP contribution is -2.13. The van der Waals surface area contributed by atoms with Gasteiger partial charge in [0.25, 0.3) is 5.91 Å². The van der Waals surface area contributed by atoms with Crippen LogP contribution in [0.25, 0.3) is 11.4 Å². The summed E-state index contributed by atoms with van der Waals surface area (Å²) < 4.78 is 0. The molecule has 118 valence electrons. The quantitative estimate of drug-likeness (QED) is 0.798. The van der Waals surface area contributed by atoms with E-state index in [4.69, 9.17) is 0 Å². The summed E-state index contributed by atoms with van der Waals surface area (Å²) in [6, 6.07) is 15.8. The van der Waals surface area contributed by atoms with Crippen LogP contribution in [0.3, 0.4) is 0 Å². The first-order valence-corrected chi connectivity index (χ1v) is 8.10. The lowest BCUT2D eigenvalue weighted by Gasteiger charge is -2.07. The molecular formula is C20H17N3O. The Kier molecular flexibility index (Phi) is 3.79. The molecule has 1 aliphatic carbocycles. The van der Waals surface area contributed by atoms with E-state index in [-0.39, 0.29) is 5.91 Å². The van der Waals surface area contributed by atoms with E-state index in [9.17, 15) is 4.79 Å². The third-order valence-electron chi connectivity index (χ3n) is 4.30. The molecule has 0 atom stereocenters. The number of rotatable bonds is 3. The van der Waals surface area contributed by atoms with Crippen LogP contribution in [-0.4, -0.2) is 15.9 Å². The van der Waals surface area contributed by atoms with Gasteiger partial charge in [0.05, 0.1) is 5.56 Å². The van der Waals surface area contributed by atoms with Crippen molar-refractivity contribution in [3.63, 3.8) is 0 Å². The minimum absolute atomic E-state index is 0.187. The van der Waals surface area contributed by atoms with E-state index in [0.29, 0.717) is 11.4 Å². The number of hydrogen-bond donors (Lipinski definition) is 1. The SMILES string of the molecule is O=C(Nc1ccc2c(c1)CCC2)c1cnc(-c2ccccc2)nc1. The molecule has 4 nitrogen and oxygen atoms in total. The molecule has 0 unspecified atom stereocenters. The third-order valence-corrected chi connectivity index (χ3v) is 4.30. The van der Waals surface area contributed by atoms with Crippen LogP contribution in [0.1, 0.15) is 27.9 Å². The minimum atomic E-state index is -0.187. The minimum Gasteiger partial charge on any atom is -0.322 e. The maximum absolute atomic E-state index is 12.4. The highest BCUT2D eigenvalue weighted by Gasteiger charge is 2.13. The maximum atomic E-state index is 12.4. The van der Waals surface area contributed by atoms with Crippen molar-refractivity contribution >= 4 is 11.6 Å². The fourth-order valence-electron chi connectivity index (χ4n) is 3.03. The van der Waals surface area contributed by atoms with Crippen LogP contribution in [-0.2, 0) is 12.8 Å². The van der Waals surface area contributed by atoms with Crippen molar-refractivity contribution in [1.29, 1.82) is 0 Å². The molecule has 24 heavy (non-hydrogen) atoms. The second kappa shape index (κ2) is 6.24. The van der Waals surface area contributed by atoms with E-state index in [0.717, 1.165) is 24.1 Å². The van der Waals surface area contributed by atoms with Gasteiger partial charge in [-0.2, -0.15) is 0 Å². The van der Waals surface area contributed by atoms with Gasteiger partial charge in [-0.1, -0.05) is 36.4 Å². The number of carbonyl (C=O) groups excluding carboxylic acids is 1. The van der Waals surface area contributed by atoms with Crippen molar-refractivity contribution in [2.24, 2.45) is 0 Å². The molecule has 3 aromatic rings. The van der Waals surface area contributed by atoms with Gasteiger partial charge in [0, 0.05) is 23.6 Å². The van der Waals surface area contributed by atoms with Crippen LogP contribution in [0.2, 0.25) is 0 Å². The number of carbonyl (C=O) groups is 1. The number of nitrogens with one attached hydrogen (secondary N) is 1. The summed E-state index contributed by atoms with van der Waals surface area (Å²) in [4.78, 5) is 21.0. The van der Waals surface area contributed by atoms with Gasteiger partial charge in [-0.15, -0.1) is 0 Å². The zero-order valence-electron chi connectivity index (χ0n) is 13.2. The zero-order valence-corrected chi connectivity index (χ0v) is 13.2. The molecule has 1 aromatic heterocycles. The van der Waals surface area contributed by atoms with E-state index >= 15 is 0 Å². The third kappa shape index (κ3) is 2.91. The number of nitrogens with zero attached hydrogens (tertiary/aromatic N) is 2.